The number of carboxylic acids is 1. The van der Waals surface area contributed by atoms with Crippen LogP contribution in [0.1, 0.15) is 11.1 Å². The van der Waals surface area contributed by atoms with Gasteiger partial charge in [0.2, 0.25) is 0 Å². The van der Waals surface area contributed by atoms with Crippen LogP contribution in [0.4, 0.5) is 0 Å². The third-order valence-corrected chi connectivity index (χ3v) is 1.88. The second kappa shape index (κ2) is 4.29. The van der Waals surface area contributed by atoms with E-state index >= 15 is 0 Å². The van der Waals surface area contributed by atoms with Gasteiger partial charge in [0, 0.05) is 0 Å². The zero-order valence-electron chi connectivity index (χ0n) is 8.06. The minimum absolute atomic E-state index is 0.140. The minimum Gasteiger partial charge on any atom is -0.508 e. The molecule has 0 atom stereocenters. The molecular formula is C11H9NO3. The summed E-state index contributed by atoms with van der Waals surface area (Å²) in [6.45, 7) is 1.69. The van der Waals surface area contributed by atoms with Crippen LogP contribution in [-0.2, 0) is 4.79 Å². The number of rotatable bonds is 2. The Labute approximate surface area is 86.7 Å². The summed E-state index contributed by atoms with van der Waals surface area (Å²) in [6, 6.07) is 6.19. The van der Waals surface area contributed by atoms with Crippen LogP contribution in [0.25, 0.3) is 6.08 Å². The number of aromatic hydroxyl groups is 1. The molecule has 0 aliphatic heterocycles. The molecule has 2 N–H and O–H groups in total. The summed E-state index contributed by atoms with van der Waals surface area (Å²) in [4.78, 5) is 10.5. The van der Waals surface area contributed by atoms with Gasteiger partial charge in [0.05, 0.1) is 0 Å². The van der Waals surface area contributed by atoms with Crippen LogP contribution < -0.4 is 0 Å². The summed E-state index contributed by atoms with van der Waals surface area (Å²) in [6.07, 6.45) is 1.26. The van der Waals surface area contributed by atoms with E-state index in [4.69, 9.17) is 10.4 Å². The van der Waals surface area contributed by atoms with Crippen molar-refractivity contribution in [3.8, 4) is 11.8 Å². The lowest BCUT2D eigenvalue weighted by Crippen LogP contribution is -1.97. The Morgan fingerprint density at radius 1 is 1.53 bits per heavy atom. The van der Waals surface area contributed by atoms with Crippen molar-refractivity contribution in [3.63, 3.8) is 0 Å². The van der Waals surface area contributed by atoms with Crippen LogP contribution in [0, 0.1) is 18.3 Å². The highest BCUT2D eigenvalue weighted by atomic mass is 16.4. The van der Waals surface area contributed by atoms with Crippen LogP contribution >= 0.6 is 0 Å². The highest BCUT2D eigenvalue weighted by molar-refractivity contribution is 5.96. The van der Waals surface area contributed by atoms with Gasteiger partial charge in [0.25, 0.3) is 0 Å². The van der Waals surface area contributed by atoms with E-state index in [0.29, 0.717) is 11.1 Å². The third kappa shape index (κ3) is 2.58. The lowest BCUT2D eigenvalue weighted by molar-refractivity contribution is -0.132. The number of phenols is 1. The molecule has 1 rings (SSSR count). The van der Waals surface area contributed by atoms with Gasteiger partial charge in [0.1, 0.15) is 17.4 Å². The van der Waals surface area contributed by atoms with E-state index < -0.39 is 5.97 Å². The van der Waals surface area contributed by atoms with Crippen molar-refractivity contribution in [1.29, 1.82) is 5.26 Å². The van der Waals surface area contributed by atoms with E-state index in [0.717, 1.165) is 0 Å². The molecule has 0 radical (unpaired) electrons. The maximum Gasteiger partial charge on any atom is 0.346 e. The van der Waals surface area contributed by atoms with Crippen LogP contribution in [0.3, 0.4) is 0 Å². The summed E-state index contributed by atoms with van der Waals surface area (Å²) >= 11 is 0. The number of carboxylic acid groups (broad SMARTS) is 1. The van der Waals surface area contributed by atoms with E-state index in [1.165, 1.54) is 12.1 Å². The molecule has 0 heterocycles. The quantitative estimate of drug-likeness (QED) is 0.566. The topological polar surface area (TPSA) is 81.3 Å². The Kier molecular flexibility index (Phi) is 3.09. The second-order valence-electron chi connectivity index (χ2n) is 3.02. The fourth-order valence-corrected chi connectivity index (χ4v) is 1.08. The second-order valence-corrected chi connectivity index (χ2v) is 3.02. The molecule has 0 aliphatic rings. The van der Waals surface area contributed by atoms with E-state index in [1.54, 1.807) is 25.1 Å². The van der Waals surface area contributed by atoms with Crippen LogP contribution in [0.5, 0.6) is 5.75 Å². The molecule has 4 nitrogen and oxygen atoms in total. The van der Waals surface area contributed by atoms with Crippen molar-refractivity contribution in [3.05, 3.63) is 34.9 Å². The van der Waals surface area contributed by atoms with Gasteiger partial charge in [-0.1, -0.05) is 6.07 Å². The molecule has 0 bridgehead atoms. The number of aryl methyl sites for hydroxylation is 1. The maximum atomic E-state index is 10.5. The molecule has 0 aromatic heterocycles. The van der Waals surface area contributed by atoms with Crippen molar-refractivity contribution in [2.45, 2.75) is 6.92 Å². The summed E-state index contributed by atoms with van der Waals surface area (Å²) in [5.74, 6) is -1.12. The Balaban J connectivity index is 3.14. The number of nitriles is 1. The zero-order valence-corrected chi connectivity index (χ0v) is 8.06. The van der Waals surface area contributed by atoms with Gasteiger partial charge in [-0.15, -0.1) is 0 Å². The smallest absolute Gasteiger partial charge is 0.346 e. The first-order chi connectivity index (χ1) is 7.04. The van der Waals surface area contributed by atoms with Crippen molar-refractivity contribution >= 4 is 12.0 Å². The summed E-state index contributed by atoms with van der Waals surface area (Å²) < 4.78 is 0. The number of hydrogen-bond acceptors (Lipinski definition) is 3. The molecule has 0 unspecified atom stereocenters. The molecule has 15 heavy (non-hydrogen) atoms. The Hall–Kier alpha value is -2.28. The van der Waals surface area contributed by atoms with Crippen molar-refractivity contribution in [2.24, 2.45) is 0 Å². The molecule has 1 aromatic rings. The first-order valence-corrected chi connectivity index (χ1v) is 4.19. The number of aliphatic carboxylic acids is 1. The largest absolute Gasteiger partial charge is 0.508 e. The highest BCUT2D eigenvalue weighted by Crippen LogP contribution is 2.18. The Morgan fingerprint density at radius 3 is 2.67 bits per heavy atom. The van der Waals surface area contributed by atoms with Gasteiger partial charge in [-0.25, -0.2) is 4.79 Å². The zero-order chi connectivity index (χ0) is 11.4. The van der Waals surface area contributed by atoms with E-state index in [9.17, 15) is 9.90 Å². The molecule has 4 heteroatoms. The number of phenolic OH excluding ortho intramolecular Hbond substituents is 1. The summed E-state index contributed by atoms with van der Waals surface area (Å²) in [5, 5.41) is 26.4. The van der Waals surface area contributed by atoms with Crippen molar-refractivity contribution < 1.29 is 15.0 Å². The average molecular weight is 203 g/mol. The molecule has 76 valence electrons. The Bertz CT molecular complexity index is 469. The SMILES string of the molecule is Cc1cc(/C=C(\C#N)C(=O)O)ccc1O. The van der Waals surface area contributed by atoms with E-state index in [1.807, 2.05) is 0 Å². The molecule has 0 amide bonds. The molecule has 0 aliphatic carbocycles. The van der Waals surface area contributed by atoms with E-state index in [2.05, 4.69) is 0 Å². The monoisotopic (exact) mass is 203 g/mol. The molecule has 1 aromatic carbocycles. The van der Waals surface area contributed by atoms with Crippen molar-refractivity contribution in [1.82, 2.24) is 0 Å². The highest BCUT2D eigenvalue weighted by Gasteiger charge is 2.05. The first-order valence-electron chi connectivity index (χ1n) is 4.19. The lowest BCUT2D eigenvalue weighted by atomic mass is 10.1. The summed E-state index contributed by atoms with van der Waals surface area (Å²) in [5.41, 5.74) is 0.871. The Morgan fingerprint density at radius 2 is 2.20 bits per heavy atom. The van der Waals surface area contributed by atoms with Crippen LogP contribution in [-0.4, -0.2) is 16.2 Å². The molecular weight excluding hydrogens is 194 g/mol. The maximum absolute atomic E-state index is 10.5. The molecule has 0 fully saturated rings. The minimum atomic E-state index is -1.26. The molecule has 0 spiro atoms. The summed E-state index contributed by atoms with van der Waals surface area (Å²) in [7, 11) is 0. The van der Waals surface area contributed by atoms with Crippen LogP contribution in [0.2, 0.25) is 0 Å². The number of nitrogens with zero attached hydrogens (tertiary/aromatic N) is 1. The third-order valence-electron chi connectivity index (χ3n) is 1.88. The van der Waals surface area contributed by atoms with Crippen LogP contribution in [0.15, 0.2) is 23.8 Å². The number of hydrogen-bond donors (Lipinski definition) is 2. The normalized spacial score (nSPS) is 10.8. The van der Waals surface area contributed by atoms with Gasteiger partial charge in [0.15, 0.2) is 0 Å². The van der Waals surface area contributed by atoms with Gasteiger partial charge >= 0.3 is 5.97 Å². The molecule has 0 saturated carbocycles. The predicted octanol–water partition coefficient (Wildman–Crippen LogP) is 1.69. The van der Waals surface area contributed by atoms with E-state index in [-0.39, 0.29) is 11.3 Å². The number of benzene rings is 1. The standard InChI is InChI=1S/C11H9NO3/c1-7-4-8(2-3-10(7)13)5-9(6-12)11(14)15/h2-5,13H,1H3,(H,14,15)/b9-5+. The van der Waals surface area contributed by atoms with Gasteiger partial charge in [-0.3, -0.25) is 0 Å². The van der Waals surface area contributed by atoms with Gasteiger partial charge in [-0.05, 0) is 36.3 Å². The van der Waals surface area contributed by atoms with Crippen molar-refractivity contribution in [2.75, 3.05) is 0 Å². The number of carbonyl (C=O) groups is 1. The lowest BCUT2D eigenvalue weighted by Gasteiger charge is -1.99. The fraction of sp³-hybridized carbons (Fsp3) is 0.0909. The fourth-order valence-electron chi connectivity index (χ4n) is 1.08. The average Bonchev–Trinajstić information content (AvgIpc) is 2.19. The predicted molar refractivity (Wildman–Crippen MR) is 54.1 cm³/mol. The van der Waals surface area contributed by atoms with Gasteiger partial charge in [-0.2, -0.15) is 5.26 Å². The first kappa shape index (κ1) is 10.8. The molecule has 0 saturated heterocycles. The van der Waals surface area contributed by atoms with Gasteiger partial charge < -0.3 is 10.2 Å².